The predicted octanol–water partition coefficient (Wildman–Crippen LogP) is 1.47. The van der Waals surface area contributed by atoms with E-state index in [2.05, 4.69) is 16.0 Å². The number of ether oxygens (including phenoxy) is 2. The molecule has 1 N–H and O–H groups in total. The minimum Gasteiger partial charge on any atom is -0.466 e. The minimum atomic E-state index is -0.506. The van der Waals surface area contributed by atoms with Crippen LogP contribution in [0.5, 0.6) is 0 Å². The molecule has 0 aliphatic carbocycles. The molecule has 0 fully saturated rings. The highest BCUT2D eigenvalue weighted by Crippen LogP contribution is 2.00. The fourth-order valence-electron chi connectivity index (χ4n) is 1.15. The van der Waals surface area contributed by atoms with Crippen molar-refractivity contribution < 1.29 is 19.1 Å². The van der Waals surface area contributed by atoms with Gasteiger partial charge in [-0.3, -0.25) is 4.79 Å². The van der Waals surface area contributed by atoms with Crippen LogP contribution in [0.2, 0.25) is 0 Å². The quantitative estimate of drug-likeness (QED) is 0.397. The Hall–Kier alpha value is -1.70. The number of unbranched alkanes of at least 4 members (excludes halogenated alkanes) is 2. The van der Waals surface area contributed by atoms with Gasteiger partial charge in [0.2, 0.25) is 0 Å². The summed E-state index contributed by atoms with van der Waals surface area (Å²) in [7, 11) is 0. The summed E-state index contributed by atoms with van der Waals surface area (Å²) in [4.78, 5) is 21.9. The van der Waals surface area contributed by atoms with E-state index in [4.69, 9.17) is 11.2 Å². The lowest BCUT2D eigenvalue weighted by atomic mass is 10.2. The third-order valence-corrected chi connectivity index (χ3v) is 1.92. The van der Waals surface area contributed by atoms with E-state index in [0.29, 0.717) is 19.6 Å². The molecule has 17 heavy (non-hydrogen) atoms. The molecule has 0 aliphatic heterocycles. The predicted molar refractivity (Wildman–Crippen MR) is 63.3 cm³/mol. The van der Waals surface area contributed by atoms with Crippen molar-refractivity contribution in [2.24, 2.45) is 0 Å². The average Bonchev–Trinajstić information content (AvgIpc) is 2.31. The molecular formula is C12H19NO4. The number of alkyl carbamates (subject to hydrolysis) is 1. The normalized spacial score (nSPS) is 9.18. The van der Waals surface area contributed by atoms with E-state index >= 15 is 0 Å². The molecule has 0 atom stereocenters. The largest absolute Gasteiger partial charge is 0.466 e. The van der Waals surface area contributed by atoms with Crippen LogP contribution in [-0.2, 0) is 14.3 Å². The maximum absolute atomic E-state index is 11.0. The number of rotatable bonds is 8. The number of nitrogens with one attached hydrogen (secondary N) is 1. The van der Waals surface area contributed by atoms with Gasteiger partial charge in [-0.25, -0.2) is 4.79 Å². The van der Waals surface area contributed by atoms with E-state index in [9.17, 15) is 9.59 Å². The first kappa shape index (κ1) is 15.3. The van der Waals surface area contributed by atoms with Crippen LogP contribution in [0.4, 0.5) is 4.79 Å². The maximum atomic E-state index is 11.0. The van der Waals surface area contributed by atoms with Crippen molar-refractivity contribution in [3.63, 3.8) is 0 Å². The van der Waals surface area contributed by atoms with Crippen LogP contribution < -0.4 is 5.32 Å². The van der Waals surface area contributed by atoms with Gasteiger partial charge >= 0.3 is 12.1 Å². The topological polar surface area (TPSA) is 64.6 Å². The Morgan fingerprint density at radius 1 is 1.24 bits per heavy atom. The standard InChI is InChI=1S/C12H19NO4/c1-3-10-17-12(15)13-9-7-5-6-8-11(14)16-4-2/h1H,4-10H2,2H3,(H,13,15). The van der Waals surface area contributed by atoms with Crippen molar-refractivity contribution >= 4 is 12.1 Å². The van der Waals surface area contributed by atoms with Gasteiger partial charge < -0.3 is 14.8 Å². The Morgan fingerprint density at radius 3 is 2.65 bits per heavy atom. The summed E-state index contributed by atoms with van der Waals surface area (Å²) in [6.45, 7) is 2.70. The molecule has 0 rings (SSSR count). The van der Waals surface area contributed by atoms with Crippen LogP contribution >= 0.6 is 0 Å². The summed E-state index contributed by atoms with van der Waals surface area (Å²) >= 11 is 0. The highest BCUT2D eigenvalue weighted by atomic mass is 16.5. The molecular weight excluding hydrogens is 222 g/mol. The van der Waals surface area contributed by atoms with Crippen molar-refractivity contribution in [3.8, 4) is 12.3 Å². The van der Waals surface area contributed by atoms with Crippen LogP contribution in [0.1, 0.15) is 32.6 Å². The van der Waals surface area contributed by atoms with E-state index in [-0.39, 0.29) is 12.6 Å². The number of hydrogen-bond donors (Lipinski definition) is 1. The number of amides is 1. The summed E-state index contributed by atoms with van der Waals surface area (Å²) in [5, 5.41) is 2.56. The molecule has 0 saturated carbocycles. The Morgan fingerprint density at radius 2 is 2.00 bits per heavy atom. The van der Waals surface area contributed by atoms with Gasteiger partial charge in [0.05, 0.1) is 6.61 Å². The lowest BCUT2D eigenvalue weighted by Crippen LogP contribution is -2.25. The summed E-state index contributed by atoms with van der Waals surface area (Å²) in [5.74, 6) is 2.03. The van der Waals surface area contributed by atoms with Gasteiger partial charge in [-0.15, -0.1) is 6.42 Å². The second-order valence-electron chi connectivity index (χ2n) is 3.32. The van der Waals surface area contributed by atoms with Crippen LogP contribution in [0, 0.1) is 12.3 Å². The molecule has 0 aliphatic rings. The van der Waals surface area contributed by atoms with E-state index in [1.807, 2.05) is 0 Å². The monoisotopic (exact) mass is 241 g/mol. The third-order valence-electron chi connectivity index (χ3n) is 1.92. The van der Waals surface area contributed by atoms with E-state index in [1.165, 1.54) is 0 Å². The van der Waals surface area contributed by atoms with Crippen LogP contribution in [0.3, 0.4) is 0 Å². The second-order valence-corrected chi connectivity index (χ2v) is 3.32. The van der Waals surface area contributed by atoms with Crippen LogP contribution in [0.15, 0.2) is 0 Å². The SMILES string of the molecule is C#CCOC(=O)NCCCCCC(=O)OCC. The van der Waals surface area contributed by atoms with E-state index in [0.717, 1.165) is 19.3 Å². The second kappa shape index (κ2) is 10.8. The van der Waals surface area contributed by atoms with Crippen molar-refractivity contribution in [1.29, 1.82) is 0 Å². The molecule has 0 saturated heterocycles. The average molecular weight is 241 g/mol. The van der Waals surface area contributed by atoms with Gasteiger partial charge in [-0.05, 0) is 19.8 Å². The zero-order chi connectivity index (χ0) is 12.9. The Balaban J connectivity index is 3.26. The number of carbonyl (C=O) groups is 2. The van der Waals surface area contributed by atoms with Gasteiger partial charge in [0.25, 0.3) is 0 Å². The molecule has 0 spiro atoms. The fraction of sp³-hybridized carbons (Fsp3) is 0.667. The molecule has 0 heterocycles. The first-order valence-electron chi connectivity index (χ1n) is 5.70. The Bertz CT molecular complexity index is 270. The summed E-state index contributed by atoms with van der Waals surface area (Å²) in [5.41, 5.74) is 0. The zero-order valence-corrected chi connectivity index (χ0v) is 10.2. The van der Waals surface area contributed by atoms with Crippen molar-refractivity contribution in [2.45, 2.75) is 32.6 Å². The van der Waals surface area contributed by atoms with Gasteiger partial charge in [0, 0.05) is 13.0 Å². The molecule has 5 heteroatoms. The first-order valence-corrected chi connectivity index (χ1v) is 5.70. The van der Waals surface area contributed by atoms with Crippen molar-refractivity contribution in [1.82, 2.24) is 5.32 Å². The number of hydrogen-bond acceptors (Lipinski definition) is 4. The molecule has 0 radical (unpaired) electrons. The fourth-order valence-corrected chi connectivity index (χ4v) is 1.15. The smallest absolute Gasteiger partial charge is 0.408 e. The Kier molecular flexibility index (Phi) is 9.73. The Labute approximate surface area is 102 Å². The van der Waals surface area contributed by atoms with Crippen molar-refractivity contribution in [3.05, 3.63) is 0 Å². The van der Waals surface area contributed by atoms with E-state index in [1.54, 1.807) is 6.92 Å². The number of esters is 1. The first-order chi connectivity index (χ1) is 8.20. The van der Waals surface area contributed by atoms with E-state index < -0.39 is 6.09 Å². The summed E-state index contributed by atoms with van der Waals surface area (Å²) in [6, 6.07) is 0. The molecule has 5 nitrogen and oxygen atoms in total. The zero-order valence-electron chi connectivity index (χ0n) is 10.2. The lowest BCUT2D eigenvalue weighted by Gasteiger charge is -2.04. The summed E-state index contributed by atoms with van der Waals surface area (Å²) < 4.78 is 9.39. The summed E-state index contributed by atoms with van der Waals surface area (Å²) in [6.07, 6.45) is 7.26. The molecule has 0 bridgehead atoms. The van der Waals surface area contributed by atoms with Gasteiger partial charge in [0.1, 0.15) is 0 Å². The maximum Gasteiger partial charge on any atom is 0.408 e. The van der Waals surface area contributed by atoms with Gasteiger partial charge in [-0.2, -0.15) is 0 Å². The number of carbonyl (C=O) groups excluding carboxylic acids is 2. The minimum absolute atomic E-state index is 0.0192. The van der Waals surface area contributed by atoms with Gasteiger partial charge in [-0.1, -0.05) is 12.3 Å². The molecule has 96 valence electrons. The molecule has 0 aromatic rings. The molecule has 0 aromatic heterocycles. The third kappa shape index (κ3) is 10.6. The highest BCUT2D eigenvalue weighted by Gasteiger charge is 2.02. The van der Waals surface area contributed by atoms with Crippen molar-refractivity contribution in [2.75, 3.05) is 19.8 Å². The van der Waals surface area contributed by atoms with Crippen LogP contribution in [0.25, 0.3) is 0 Å². The van der Waals surface area contributed by atoms with Gasteiger partial charge in [0.15, 0.2) is 6.61 Å². The molecule has 1 amide bonds. The molecule has 0 aromatic carbocycles. The number of terminal acetylenes is 1. The molecule has 0 unspecified atom stereocenters. The van der Waals surface area contributed by atoms with Crippen LogP contribution in [-0.4, -0.2) is 31.8 Å². The highest BCUT2D eigenvalue weighted by molar-refractivity contribution is 5.69. The lowest BCUT2D eigenvalue weighted by molar-refractivity contribution is -0.143.